The number of fused-ring (bicyclic) bond motifs is 3. The third-order valence-electron chi connectivity index (χ3n) is 8.53. The van der Waals surface area contributed by atoms with Crippen molar-refractivity contribution in [3.8, 4) is 22.8 Å². The number of pyridine rings is 3. The Hall–Kier alpha value is -4.05. The molecule has 0 N–H and O–H groups in total. The van der Waals surface area contributed by atoms with Gasteiger partial charge in [-0.1, -0.05) is 13.8 Å². The molecule has 10 heteroatoms. The van der Waals surface area contributed by atoms with E-state index < -0.39 is 0 Å². The number of piperazine rings is 1. The second-order valence-electron chi connectivity index (χ2n) is 11.3. The minimum absolute atomic E-state index is 0.206. The molecule has 0 amide bonds. The van der Waals surface area contributed by atoms with Gasteiger partial charge in [-0.3, -0.25) is 14.9 Å². The Kier molecular flexibility index (Phi) is 5.96. The molecule has 2 saturated heterocycles. The normalized spacial score (nSPS) is 17.9. The monoisotopic (exact) mass is 537 g/mol. The van der Waals surface area contributed by atoms with Crippen molar-refractivity contribution < 1.29 is 4.74 Å². The molecule has 0 bridgehead atoms. The standard InChI is InChI=1S/C30H35N9O/c1-18(2)28-29-25(36(4)30(35-29)38-12-11-37-10-6-7-20(37)17-38)14-27(34-28)39-24-13-23(33-19(3)21(24)16-32-39)22-15-31-9-8-26(22)40-5/h8-9,13-16,18,20H,6-7,10-12,17H2,1-5H3/t20-/m1/s1. The van der Waals surface area contributed by atoms with E-state index in [2.05, 4.69) is 46.3 Å². The number of aromatic nitrogens is 7. The van der Waals surface area contributed by atoms with E-state index in [1.54, 1.807) is 19.5 Å². The van der Waals surface area contributed by atoms with Crippen LogP contribution in [0.3, 0.4) is 0 Å². The highest BCUT2D eigenvalue weighted by Gasteiger charge is 2.32. The van der Waals surface area contributed by atoms with Crippen LogP contribution in [-0.4, -0.2) is 78.5 Å². The number of rotatable bonds is 5. The molecule has 0 spiro atoms. The van der Waals surface area contributed by atoms with Crippen LogP contribution in [0.15, 0.2) is 36.8 Å². The van der Waals surface area contributed by atoms with Gasteiger partial charge in [-0.2, -0.15) is 5.10 Å². The summed E-state index contributed by atoms with van der Waals surface area (Å²) in [5.41, 5.74) is 6.49. The van der Waals surface area contributed by atoms with Gasteiger partial charge in [0.1, 0.15) is 11.3 Å². The van der Waals surface area contributed by atoms with Crippen molar-refractivity contribution >= 4 is 27.9 Å². The second-order valence-corrected chi connectivity index (χ2v) is 11.3. The van der Waals surface area contributed by atoms with Gasteiger partial charge in [0.25, 0.3) is 0 Å². The molecule has 0 aliphatic carbocycles. The fourth-order valence-corrected chi connectivity index (χ4v) is 6.40. The minimum atomic E-state index is 0.206. The van der Waals surface area contributed by atoms with E-state index >= 15 is 0 Å². The van der Waals surface area contributed by atoms with Crippen LogP contribution in [0.2, 0.25) is 0 Å². The average Bonchev–Trinajstić information content (AvgIpc) is 3.69. The van der Waals surface area contributed by atoms with Gasteiger partial charge >= 0.3 is 0 Å². The molecule has 1 atom stereocenters. The number of imidazole rings is 1. The summed E-state index contributed by atoms with van der Waals surface area (Å²) in [6.07, 6.45) is 7.96. The smallest absolute Gasteiger partial charge is 0.206 e. The summed E-state index contributed by atoms with van der Waals surface area (Å²) in [7, 11) is 3.79. The van der Waals surface area contributed by atoms with Gasteiger partial charge in [-0.25, -0.2) is 14.6 Å². The molecule has 7 heterocycles. The predicted molar refractivity (Wildman–Crippen MR) is 156 cm³/mol. The third kappa shape index (κ3) is 3.92. The summed E-state index contributed by atoms with van der Waals surface area (Å²) in [5, 5.41) is 5.78. The second kappa shape index (κ2) is 9.55. The summed E-state index contributed by atoms with van der Waals surface area (Å²) in [5.74, 6) is 2.74. The first-order valence-corrected chi connectivity index (χ1v) is 14.1. The SMILES string of the molecule is COc1ccncc1-c1cc2c(cnn2-c2cc3c(nc(N4CCN5CCC[C@@H]5C4)n3C)c(C(C)C)n2)c(C)n1. The lowest BCUT2D eigenvalue weighted by molar-refractivity contribution is 0.229. The number of hydrogen-bond acceptors (Lipinski definition) is 8. The lowest BCUT2D eigenvalue weighted by Crippen LogP contribution is -2.50. The summed E-state index contributed by atoms with van der Waals surface area (Å²) < 4.78 is 9.76. The van der Waals surface area contributed by atoms with Crippen LogP contribution in [0.25, 0.3) is 39.0 Å². The molecule has 40 heavy (non-hydrogen) atoms. The molecule has 0 aromatic carbocycles. The van der Waals surface area contributed by atoms with Crippen LogP contribution in [0.5, 0.6) is 5.75 Å². The van der Waals surface area contributed by atoms with Crippen molar-refractivity contribution in [2.24, 2.45) is 7.05 Å². The first-order chi connectivity index (χ1) is 19.4. The predicted octanol–water partition coefficient (Wildman–Crippen LogP) is 4.49. The van der Waals surface area contributed by atoms with Crippen molar-refractivity contribution in [2.45, 2.75) is 45.6 Å². The van der Waals surface area contributed by atoms with Gasteiger partial charge < -0.3 is 14.2 Å². The topological polar surface area (TPSA) is 90.0 Å². The first-order valence-electron chi connectivity index (χ1n) is 14.1. The van der Waals surface area contributed by atoms with Crippen LogP contribution in [0.4, 0.5) is 5.95 Å². The van der Waals surface area contributed by atoms with Crippen molar-refractivity contribution in [3.05, 3.63) is 48.2 Å². The maximum Gasteiger partial charge on any atom is 0.206 e. The van der Waals surface area contributed by atoms with Gasteiger partial charge in [-0.15, -0.1) is 0 Å². The summed E-state index contributed by atoms with van der Waals surface area (Å²) >= 11 is 0. The van der Waals surface area contributed by atoms with Crippen LogP contribution >= 0.6 is 0 Å². The van der Waals surface area contributed by atoms with Gasteiger partial charge in [0, 0.05) is 62.3 Å². The largest absolute Gasteiger partial charge is 0.496 e. The average molecular weight is 538 g/mol. The molecular formula is C30H35N9O. The van der Waals surface area contributed by atoms with Gasteiger partial charge in [0.2, 0.25) is 5.95 Å². The van der Waals surface area contributed by atoms with Crippen LogP contribution in [0, 0.1) is 6.92 Å². The highest BCUT2D eigenvalue weighted by molar-refractivity contribution is 5.88. The van der Waals surface area contributed by atoms with Gasteiger partial charge in [0.05, 0.1) is 41.3 Å². The highest BCUT2D eigenvalue weighted by Crippen LogP contribution is 2.34. The van der Waals surface area contributed by atoms with Gasteiger partial charge in [0.15, 0.2) is 5.82 Å². The Balaban J connectivity index is 1.37. The third-order valence-corrected chi connectivity index (χ3v) is 8.53. The lowest BCUT2D eigenvalue weighted by Gasteiger charge is -2.37. The molecule has 2 aliphatic rings. The minimum Gasteiger partial charge on any atom is -0.496 e. The number of hydrogen-bond donors (Lipinski definition) is 0. The van der Waals surface area contributed by atoms with Crippen LogP contribution in [-0.2, 0) is 7.05 Å². The van der Waals surface area contributed by atoms with Crippen molar-refractivity contribution in [1.29, 1.82) is 0 Å². The quantitative estimate of drug-likeness (QED) is 0.324. The number of nitrogens with zero attached hydrogens (tertiary/aromatic N) is 9. The molecule has 10 nitrogen and oxygen atoms in total. The van der Waals surface area contributed by atoms with Crippen molar-refractivity contribution in [1.82, 2.24) is 39.2 Å². The maximum absolute atomic E-state index is 5.60. The molecule has 5 aromatic rings. The Morgan fingerprint density at radius 2 is 1.90 bits per heavy atom. The molecular weight excluding hydrogens is 502 g/mol. The molecule has 7 rings (SSSR count). The lowest BCUT2D eigenvalue weighted by atomic mass is 10.1. The number of anilines is 1. The molecule has 0 saturated carbocycles. The fraction of sp³-hybridized carbons (Fsp3) is 0.433. The van der Waals surface area contributed by atoms with E-state index in [4.69, 9.17) is 24.8 Å². The maximum atomic E-state index is 5.60. The Morgan fingerprint density at radius 3 is 2.73 bits per heavy atom. The number of aryl methyl sites for hydroxylation is 2. The van der Waals surface area contributed by atoms with E-state index in [-0.39, 0.29) is 5.92 Å². The molecule has 0 unspecified atom stereocenters. The van der Waals surface area contributed by atoms with E-state index in [0.29, 0.717) is 6.04 Å². The Bertz CT molecular complexity index is 1740. The molecule has 2 aliphatic heterocycles. The summed E-state index contributed by atoms with van der Waals surface area (Å²) in [4.78, 5) is 24.6. The number of ether oxygens (including phenoxy) is 1. The first kappa shape index (κ1) is 25.0. The fourth-order valence-electron chi connectivity index (χ4n) is 6.40. The molecule has 0 radical (unpaired) electrons. The van der Waals surface area contributed by atoms with Crippen molar-refractivity contribution in [3.63, 3.8) is 0 Å². The van der Waals surface area contributed by atoms with E-state index in [9.17, 15) is 0 Å². The van der Waals surface area contributed by atoms with Gasteiger partial charge in [-0.05, 0) is 44.4 Å². The van der Waals surface area contributed by atoms with E-state index in [0.717, 1.165) is 81.7 Å². The zero-order chi connectivity index (χ0) is 27.5. The highest BCUT2D eigenvalue weighted by atomic mass is 16.5. The van der Waals surface area contributed by atoms with E-state index in [1.165, 1.54) is 19.4 Å². The molecule has 206 valence electrons. The van der Waals surface area contributed by atoms with E-state index in [1.807, 2.05) is 29.9 Å². The van der Waals surface area contributed by atoms with Crippen LogP contribution in [0.1, 0.15) is 44.0 Å². The van der Waals surface area contributed by atoms with Crippen molar-refractivity contribution in [2.75, 3.05) is 38.2 Å². The number of methoxy groups -OCH3 is 1. The zero-order valence-corrected chi connectivity index (χ0v) is 23.8. The summed E-state index contributed by atoms with van der Waals surface area (Å²) in [6, 6.07) is 6.65. The zero-order valence-electron chi connectivity index (χ0n) is 23.8. The van der Waals surface area contributed by atoms with Crippen LogP contribution < -0.4 is 9.64 Å². The Labute approximate surface area is 233 Å². The Morgan fingerprint density at radius 1 is 1.02 bits per heavy atom. The molecule has 5 aromatic heterocycles. The molecule has 2 fully saturated rings. The summed E-state index contributed by atoms with van der Waals surface area (Å²) in [6.45, 7) is 10.7.